The molecule has 0 bridgehead atoms. The number of morpholine rings is 1. The lowest BCUT2D eigenvalue weighted by Crippen LogP contribution is -2.43. The van der Waals surface area contributed by atoms with Crippen molar-refractivity contribution in [3.63, 3.8) is 0 Å². The Morgan fingerprint density at radius 2 is 2.20 bits per heavy atom. The second kappa shape index (κ2) is 5.28. The molecule has 0 aromatic carbocycles. The van der Waals surface area contributed by atoms with Gasteiger partial charge < -0.3 is 15.0 Å². The summed E-state index contributed by atoms with van der Waals surface area (Å²) in [6.45, 7) is 5.90. The fourth-order valence-corrected chi connectivity index (χ4v) is 4.04. The van der Waals surface area contributed by atoms with Gasteiger partial charge in [-0.15, -0.1) is 11.3 Å². The highest BCUT2D eigenvalue weighted by atomic mass is 32.1. The van der Waals surface area contributed by atoms with Crippen LogP contribution in [0.25, 0.3) is 0 Å². The van der Waals surface area contributed by atoms with Gasteiger partial charge in [-0.2, -0.15) is 0 Å². The predicted octanol–water partition coefficient (Wildman–Crippen LogP) is 2.50. The summed E-state index contributed by atoms with van der Waals surface area (Å²) in [6.07, 6.45) is 5.37. The first-order valence-electron chi connectivity index (χ1n) is 7.88. The summed E-state index contributed by atoms with van der Waals surface area (Å²) in [4.78, 5) is 8.90. The van der Waals surface area contributed by atoms with E-state index in [1.807, 2.05) is 11.3 Å². The van der Waals surface area contributed by atoms with Crippen molar-refractivity contribution in [3.8, 4) is 0 Å². The van der Waals surface area contributed by atoms with Gasteiger partial charge in [-0.25, -0.2) is 4.98 Å². The number of hydrogen-bond acceptors (Lipinski definition) is 5. The third kappa shape index (κ3) is 2.71. The number of hydrogen-bond donors (Lipinski definition) is 1. The molecule has 1 atom stereocenters. The van der Waals surface area contributed by atoms with E-state index in [4.69, 9.17) is 9.72 Å². The van der Waals surface area contributed by atoms with E-state index in [9.17, 15) is 0 Å². The minimum Gasteiger partial charge on any atom is -0.377 e. The van der Waals surface area contributed by atoms with E-state index in [0.29, 0.717) is 6.04 Å². The second-order valence-electron chi connectivity index (χ2n) is 6.35. The van der Waals surface area contributed by atoms with Crippen molar-refractivity contribution in [1.29, 1.82) is 0 Å². The number of ether oxygens (including phenoxy) is 1. The zero-order valence-electron chi connectivity index (χ0n) is 12.1. The topological polar surface area (TPSA) is 37.4 Å². The number of thiazole rings is 1. The van der Waals surface area contributed by atoms with Crippen LogP contribution >= 0.6 is 11.3 Å². The minimum atomic E-state index is 0.450. The summed E-state index contributed by atoms with van der Waals surface area (Å²) in [5, 5.41) is 4.87. The quantitative estimate of drug-likeness (QED) is 0.905. The SMILES string of the molecule is CC1COCCN1c1nc(C2CC2)c(CNC2CC2)s1. The molecule has 1 aromatic heterocycles. The number of nitrogens with zero attached hydrogens (tertiary/aromatic N) is 2. The second-order valence-corrected chi connectivity index (χ2v) is 7.41. The first kappa shape index (κ1) is 13.0. The predicted molar refractivity (Wildman–Crippen MR) is 81.6 cm³/mol. The maximum atomic E-state index is 5.54. The van der Waals surface area contributed by atoms with Crippen LogP contribution in [0.15, 0.2) is 0 Å². The molecule has 1 aromatic rings. The van der Waals surface area contributed by atoms with Crippen molar-refractivity contribution >= 4 is 16.5 Å². The van der Waals surface area contributed by atoms with Gasteiger partial charge in [0.05, 0.1) is 24.9 Å². The van der Waals surface area contributed by atoms with Crippen LogP contribution in [0.4, 0.5) is 5.13 Å². The lowest BCUT2D eigenvalue weighted by molar-refractivity contribution is 0.0989. The van der Waals surface area contributed by atoms with Gasteiger partial charge in [0.25, 0.3) is 0 Å². The Morgan fingerprint density at radius 3 is 2.90 bits per heavy atom. The van der Waals surface area contributed by atoms with Gasteiger partial charge in [-0.1, -0.05) is 0 Å². The van der Waals surface area contributed by atoms with Gasteiger partial charge in [0.15, 0.2) is 5.13 Å². The minimum absolute atomic E-state index is 0.450. The van der Waals surface area contributed by atoms with Crippen molar-refractivity contribution in [1.82, 2.24) is 10.3 Å². The standard InChI is InChI=1S/C15H23N3OS/c1-10-9-19-7-6-18(10)15-17-14(11-2-3-11)13(20-15)8-16-12-4-5-12/h10-12,16H,2-9H2,1H3. The van der Waals surface area contributed by atoms with Gasteiger partial charge in [0.1, 0.15) is 0 Å². The van der Waals surface area contributed by atoms with Crippen molar-refractivity contribution in [3.05, 3.63) is 10.6 Å². The molecule has 0 amide bonds. The van der Waals surface area contributed by atoms with E-state index in [1.54, 1.807) is 0 Å². The van der Waals surface area contributed by atoms with E-state index in [0.717, 1.165) is 38.3 Å². The Bertz CT molecular complexity index is 481. The molecule has 20 heavy (non-hydrogen) atoms. The summed E-state index contributed by atoms with van der Waals surface area (Å²) in [7, 11) is 0. The van der Waals surface area contributed by atoms with Crippen molar-refractivity contribution in [2.24, 2.45) is 0 Å². The van der Waals surface area contributed by atoms with Crippen LogP contribution in [0.1, 0.15) is 49.1 Å². The summed E-state index contributed by atoms with van der Waals surface area (Å²) in [5.41, 5.74) is 1.39. The van der Waals surface area contributed by atoms with Crippen LogP contribution in [0, 0.1) is 0 Å². The fraction of sp³-hybridized carbons (Fsp3) is 0.800. The molecule has 3 fully saturated rings. The smallest absolute Gasteiger partial charge is 0.186 e. The number of nitrogens with one attached hydrogen (secondary N) is 1. The lowest BCUT2D eigenvalue weighted by Gasteiger charge is -2.32. The molecule has 4 nitrogen and oxygen atoms in total. The van der Waals surface area contributed by atoms with E-state index in [2.05, 4.69) is 17.1 Å². The van der Waals surface area contributed by atoms with Crippen molar-refractivity contribution in [2.45, 2.75) is 57.2 Å². The van der Waals surface area contributed by atoms with Gasteiger partial charge in [-0.05, 0) is 32.6 Å². The van der Waals surface area contributed by atoms with Gasteiger partial charge in [0.2, 0.25) is 0 Å². The Balaban J connectivity index is 1.54. The molecule has 4 rings (SSSR count). The maximum absolute atomic E-state index is 5.54. The first-order chi connectivity index (χ1) is 9.81. The lowest BCUT2D eigenvalue weighted by atomic mass is 10.2. The first-order valence-corrected chi connectivity index (χ1v) is 8.70. The number of aromatic nitrogens is 1. The molecule has 0 radical (unpaired) electrons. The molecule has 2 heterocycles. The van der Waals surface area contributed by atoms with Crippen LogP contribution in [0.3, 0.4) is 0 Å². The van der Waals surface area contributed by atoms with Crippen molar-refractivity contribution in [2.75, 3.05) is 24.7 Å². The third-order valence-corrected chi connectivity index (χ3v) is 5.53. The van der Waals surface area contributed by atoms with E-state index >= 15 is 0 Å². The molecule has 2 saturated carbocycles. The molecular weight excluding hydrogens is 270 g/mol. The van der Waals surface area contributed by atoms with Crippen LogP contribution in [-0.4, -0.2) is 36.8 Å². The summed E-state index contributed by atoms with van der Waals surface area (Å²) >= 11 is 1.90. The molecule has 0 spiro atoms. The van der Waals surface area contributed by atoms with Crippen LogP contribution < -0.4 is 10.2 Å². The Morgan fingerprint density at radius 1 is 1.35 bits per heavy atom. The van der Waals surface area contributed by atoms with E-state index in [1.165, 1.54) is 41.4 Å². The molecule has 5 heteroatoms. The van der Waals surface area contributed by atoms with Crippen LogP contribution in [0.2, 0.25) is 0 Å². The number of anilines is 1. The van der Waals surface area contributed by atoms with Crippen LogP contribution in [-0.2, 0) is 11.3 Å². The molecule has 2 aliphatic carbocycles. The Kier molecular flexibility index (Phi) is 3.44. The third-order valence-electron chi connectivity index (χ3n) is 4.42. The summed E-state index contributed by atoms with van der Waals surface area (Å²) < 4.78 is 5.54. The van der Waals surface area contributed by atoms with E-state index in [-0.39, 0.29) is 0 Å². The highest BCUT2D eigenvalue weighted by molar-refractivity contribution is 7.15. The van der Waals surface area contributed by atoms with Gasteiger partial charge in [0, 0.05) is 29.9 Å². The summed E-state index contributed by atoms with van der Waals surface area (Å²) in [6, 6.07) is 1.22. The van der Waals surface area contributed by atoms with Crippen molar-refractivity contribution < 1.29 is 4.74 Å². The fourth-order valence-electron chi connectivity index (χ4n) is 2.81. The largest absolute Gasteiger partial charge is 0.377 e. The molecule has 1 saturated heterocycles. The average Bonchev–Trinajstić information content (AvgIpc) is 3.36. The Labute approximate surface area is 124 Å². The normalized spacial score (nSPS) is 27.1. The summed E-state index contributed by atoms with van der Waals surface area (Å²) in [5.74, 6) is 0.743. The Hall–Kier alpha value is -0.650. The maximum Gasteiger partial charge on any atom is 0.186 e. The highest BCUT2D eigenvalue weighted by Crippen LogP contribution is 2.44. The average molecular weight is 293 g/mol. The molecule has 1 unspecified atom stereocenters. The molecule has 1 N–H and O–H groups in total. The molecule has 3 aliphatic rings. The molecule has 1 aliphatic heterocycles. The zero-order chi connectivity index (χ0) is 13.5. The zero-order valence-corrected chi connectivity index (χ0v) is 12.9. The highest BCUT2D eigenvalue weighted by Gasteiger charge is 2.32. The van der Waals surface area contributed by atoms with E-state index < -0.39 is 0 Å². The molecule has 110 valence electrons. The number of rotatable bonds is 5. The van der Waals surface area contributed by atoms with Crippen LogP contribution in [0.5, 0.6) is 0 Å². The monoisotopic (exact) mass is 293 g/mol. The van der Waals surface area contributed by atoms with Gasteiger partial charge >= 0.3 is 0 Å². The van der Waals surface area contributed by atoms with Gasteiger partial charge in [-0.3, -0.25) is 0 Å². The molecular formula is C15H23N3OS.